The third-order valence-electron chi connectivity index (χ3n) is 12.8. The fourth-order valence-electron chi connectivity index (χ4n) is 8.83. The number of ether oxygens (including phenoxy) is 2. The molecule has 18 heteroatoms. The number of benzene rings is 1. The lowest BCUT2D eigenvalue weighted by molar-refractivity contribution is -0.186. The van der Waals surface area contributed by atoms with Crippen LogP contribution in [0.1, 0.15) is 71.3 Å². The number of fused-ring (bicyclic) bond motifs is 1. The predicted octanol–water partition coefficient (Wildman–Crippen LogP) is 6.00. The van der Waals surface area contributed by atoms with E-state index in [4.69, 9.17) is 14.5 Å². The largest absolute Gasteiger partial charge is 0.496 e. The minimum Gasteiger partial charge on any atom is -0.496 e. The lowest BCUT2D eigenvalue weighted by Gasteiger charge is -2.37. The molecule has 14 nitrogen and oxygen atoms in total. The van der Waals surface area contributed by atoms with Gasteiger partial charge < -0.3 is 24.6 Å². The van der Waals surface area contributed by atoms with Gasteiger partial charge in [0.25, 0.3) is 17.2 Å². The zero-order valence-corrected chi connectivity index (χ0v) is 36.3. The second kappa shape index (κ2) is 17.2. The summed E-state index contributed by atoms with van der Waals surface area (Å²) >= 11 is -2.64. The topological polar surface area (TPSA) is 172 Å². The third-order valence-corrected chi connectivity index (χ3v) is 13.6. The Hall–Kier alpha value is -5.10. The molecular weight excluding hydrogens is 830 g/mol. The molecule has 4 heterocycles. The number of piperidine rings is 1. The second-order valence-electron chi connectivity index (χ2n) is 17.9. The summed E-state index contributed by atoms with van der Waals surface area (Å²) in [5, 5.41) is 3.51. The van der Waals surface area contributed by atoms with E-state index in [2.05, 4.69) is 16.9 Å². The van der Waals surface area contributed by atoms with Gasteiger partial charge in [-0.1, -0.05) is 26.8 Å². The first kappa shape index (κ1) is 44.9. The number of alkyl halides is 3. The summed E-state index contributed by atoms with van der Waals surface area (Å²) in [6.45, 7) is 10.8. The maximum atomic E-state index is 15.0. The van der Waals surface area contributed by atoms with Gasteiger partial charge >= 0.3 is 6.18 Å². The van der Waals surface area contributed by atoms with Crippen LogP contribution >= 0.6 is 0 Å². The molecule has 0 bridgehead atoms. The monoisotopic (exact) mass is 882 g/mol. The van der Waals surface area contributed by atoms with Crippen LogP contribution in [0.5, 0.6) is 11.5 Å². The number of nitrogens with zero attached hydrogens (tertiary/aromatic N) is 5. The summed E-state index contributed by atoms with van der Waals surface area (Å²) in [7, 11) is 1.56. The van der Waals surface area contributed by atoms with E-state index in [1.54, 1.807) is 58.5 Å². The number of methoxy groups -OCH3 is 1. The van der Waals surface area contributed by atoms with Crippen LogP contribution in [0.3, 0.4) is 0 Å². The van der Waals surface area contributed by atoms with Gasteiger partial charge in [0.15, 0.2) is 0 Å². The molecule has 2 N–H and O–H groups in total. The molecule has 2 saturated carbocycles. The molecule has 3 aromatic rings. The lowest BCUT2D eigenvalue weighted by Crippen LogP contribution is -2.57. The van der Waals surface area contributed by atoms with Gasteiger partial charge in [0.2, 0.25) is 17.7 Å². The Balaban J connectivity index is 1.22. The van der Waals surface area contributed by atoms with Crippen molar-refractivity contribution in [3.8, 4) is 22.8 Å². The van der Waals surface area contributed by atoms with Crippen molar-refractivity contribution in [2.45, 2.75) is 103 Å². The Morgan fingerprint density at radius 2 is 1.82 bits per heavy atom. The van der Waals surface area contributed by atoms with E-state index >= 15 is 0 Å². The summed E-state index contributed by atoms with van der Waals surface area (Å²) in [5.41, 5.74) is 0.201. The van der Waals surface area contributed by atoms with Crippen LogP contribution in [-0.4, -0.2) is 113 Å². The molecule has 334 valence electrons. The molecular formula is C44H53F3N6O8S. The van der Waals surface area contributed by atoms with E-state index in [9.17, 15) is 41.1 Å². The van der Waals surface area contributed by atoms with E-state index in [0.29, 0.717) is 46.5 Å². The molecule has 4 amide bonds. The quantitative estimate of drug-likeness (QED) is 0.153. The smallest absolute Gasteiger partial charge is 0.391 e. The number of amides is 4. The van der Waals surface area contributed by atoms with E-state index < -0.39 is 88.0 Å². The fourth-order valence-corrected chi connectivity index (χ4v) is 9.60. The Bertz CT molecular complexity index is 2260. The SMILES string of the molecule is C=CC1CC1(NC(=O)[C@@H]1C[C@@H](Oc2cc(-c3cccnc3)nc3c(C)c(OC)ccc23)CN1C(=O)[C@@H](CC(=O)N1CCC(C(F)(F)F)CC1)C(C)(C)C)C(=O)N(C1CC1)S(=O)O. The lowest BCUT2D eigenvalue weighted by atomic mass is 9.77. The molecule has 4 aliphatic rings. The predicted molar refractivity (Wildman–Crippen MR) is 224 cm³/mol. The minimum atomic E-state index is -4.36. The number of hydrogen-bond donors (Lipinski definition) is 2. The fraction of sp³-hybridized carbons (Fsp3) is 0.545. The standard InChI is InChI=1S/C44H53F3N6O8S/c1-7-27-22-43(27,41(57)53(62(58)59)29-10-11-29)50-39(55)34-19-30(61-36-21-33(26-9-8-16-48-23-26)49-38-25(2)35(60-6)13-12-31(36)38)24-52(34)40(56)32(42(3,4)5)20-37(54)51-17-14-28(15-18-51)44(45,46)47/h7-9,12-13,16,21,23,27-30,32,34H,1,10-11,14-15,17-20,22,24H2,2-6H3,(H,50,55)(H,58,59)/t27?,30-,32-,34+,43?/m1/s1. The third kappa shape index (κ3) is 9.03. The van der Waals surface area contributed by atoms with Gasteiger partial charge in [0, 0.05) is 72.9 Å². The number of pyridine rings is 2. The molecule has 2 saturated heterocycles. The van der Waals surface area contributed by atoms with Crippen molar-refractivity contribution < 1.29 is 50.6 Å². The normalized spacial score (nSPS) is 24.0. The van der Waals surface area contributed by atoms with Crippen molar-refractivity contribution in [2.24, 2.45) is 23.2 Å². The molecule has 4 fully saturated rings. The first-order chi connectivity index (χ1) is 29.3. The number of aromatic nitrogens is 2. The van der Waals surface area contributed by atoms with Gasteiger partial charge in [-0.2, -0.15) is 13.2 Å². The Morgan fingerprint density at radius 1 is 1.11 bits per heavy atom. The molecule has 62 heavy (non-hydrogen) atoms. The zero-order chi connectivity index (χ0) is 44.9. The molecule has 2 aliphatic carbocycles. The van der Waals surface area contributed by atoms with Crippen molar-refractivity contribution in [2.75, 3.05) is 26.7 Å². The van der Waals surface area contributed by atoms with Crippen LogP contribution in [0.4, 0.5) is 13.2 Å². The van der Waals surface area contributed by atoms with Crippen molar-refractivity contribution in [3.05, 3.63) is 60.9 Å². The summed E-state index contributed by atoms with van der Waals surface area (Å²) in [6, 6.07) is 7.33. The average molecular weight is 883 g/mol. The molecule has 0 spiro atoms. The first-order valence-corrected chi connectivity index (χ1v) is 21.9. The number of nitrogens with one attached hydrogen (secondary N) is 1. The van der Waals surface area contributed by atoms with Crippen molar-refractivity contribution in [1.82, 2.24) is 29.4 Å². The van der Waals surface area contributed by atoms with Crippen LogP contribution in [0.2, 0.25) is 0 Å². The van der Waals surface area contributed by atoms with Gasteiger partial charge in [-0.3, -0.25) is 28.7 Å². The Morgan fingerprint density at radius 3 is 2.39 bits per heavy atom. The van der Waals surface area contributed by atoms with Gasteiger partial charge in [0.1, 0.15) is 29.2 Å². The maximum absolute atomic E-state index is 15.0. The summed E-state index contributed by atoms with van der Waals surface area (Å²) in [6.07, 6.45) is 0.0673. The summed E-state index contributed by atoms with van der Waals surface area (Å²) < 4.78 is 76.1. The molecule has 3 unspecified atom stereocenters. The number of aryl methyl sites for hydroxylation is 1. The van der Waals surface area contributed by atoms with Crippen LogP contribution in [0.15, 0.2) is 55.4 Å². The molecule has 7 rings (SSSR count). The second-order valence-corrected chi connectivity index (χ2v) is 18.8. The van der Waals surface area contributed by atoms with E-state index in [1.807, 2.05) is 19.1 Å². The Labute approximate surface area is 361 Å². The van der Waals surface area contributed by atoms with Crippen LogP contribution < -0.4 is 14.8 Å². The molecule has 0 radical (unpaired) electrons. The maximum Gasteiger partial charge on any atom is 0.391 e. The van der Waals surface area contributed by atoms with Crippen molar-refractivity contribution >= 4 is 45.8 Å². The van der Waals surface area contributed by atoms with E-state index in [1.165, 1.54) is 15.9 Å². The molecule has 2 aromatic heterocycles. The number of rotatable bonds is 13. The number of hydrogen-bond acceptors (Lipinski definition) is 9. The number of likely N-dealkylation sites (tertiary alicyclic amines) is 2. The van der Waals surface area contributed by atoms with Crippen molar-refractivity contribution in [1.29, 1.82) is 0 Å². The van der Waals surface area contributed by atoms with E-state index in [0.717, 1.165) is 9.87 Å². The number of carbonyl (C=O) groups excluding carboxylic acids is 4. The Kier molecular flexibility index (Phi) is 12.5. The van der Waals surface area contributed by atoms with Crippen LogP contribution in [-0.2, 0) is 30.4 Å². The van der Waals surface area contributed by atoms with Gasteiger partial charge in [-0.25, -0.2) is 13.5 Å². The number of carbonyl (C=O) groups is 4. The van der Waals surface area contributed by atoms with Gasteiger partial charge in [-0.15, -0.1) is 6.58 Å². The van der Waals surface area contributed by atoms with Crippen molar-refractivity contribution in [3.63, 3.8) is 0 Å². The average Bonchev–Trinajstić information content (AvgIpc) is 4.15. The summed E-state index contributed by atoms with van der Waals surface area (Å²) in [4.78, 5) is 69.3. The minimum absolute atomic E-state index is 0.0319. The number of halogens is 3. The molecule has 1 aromatic carbocycles. The molecule has 6 atom stereocenters. The highest BCUT2D eigenvalue weighted by atomic mass is 32.2. The van der Waals surface area contributed by atoms with Crippen LogP contribution in [0, 0.1) is 30.1 Å². The molecule has 2 aliphatic heterocycles. The zero-order valence-electron chi connectivity index (χ0n) is 35.4. The van der Waals surface area contributed by atoms with Crippen LogP contribution in [0.25, 0.3) is 22.2 Å². The highest BCUT2D eigenvalue weighted by molar-refractivity contribution is 7.77. The summed E-state index contributed by atoms with van der Waals surface area (Å²) in [5.74, 6) is -4.44. The van der Waals surface area contributed by atoms with Gasteiger partial charge in [-0.05, 0) is 68.7 Å². The van der Waals surface area contributed by atoms with Gasteiger partial charge in [0.05, 0.1) is 36.7 Å². The highest BCUT2D eigenvalue weighted by Gasteiger charge is 2.64. The first-order valence-electron chi connectivity index (χ1n) is 20.9. The van der Waals surface area contributed by atoms with E-state index in [-0.39, 0.29) is 51.7 Å². The highest BCUT2D eigenvalue weighted by Crippen LogP contribution is 2.48.